The van der Waals surface area contributed by atoms with Crippen LogP contribution in [-0.2, 0) is 4.79 Å². The number of rotatable bonds is 6. The number of piperazine rings is 1. The van der Waals surface area contributed by atoms with Gasteiger partial charge >= 0.3 is 6.03 Å². The summed E-state index contributed by atoms with van der Waals surface area (Å²) in [5.74, 6) is -0.0841. The van der Waals surface area contributed by atoms with Crippen LogP contribution < -0.4 is 25.5 Å². The van der Waals surface area contributed by atoms with Crippen molar-refractivity contribution in [1.82, 2.24) is 20.7 Å². The lowest BCUT2D eigenvalue weighted by atomic mass is 10.2. The molecule has 2 aromatic carbocycles. The summed E-state index contributed by atoms with van der Waals surface area (Å²) in [5, 5.41) is 8.47. The highest BCUT2D eigenvalue weighted by atomic mass is 35.5. The molecular formula is C22H24Cl2FN5O4. The highest BCUT2D eigenvalue weighted by Gasteiger charge is 2.24. The zero-order valence-electron chi connectivity index (χ0n) is 18.2. The van der Waals surface area contributed by atoms with E-state index in [0.29, 0.717) is 50.0 Å². The Morgan fingerprint density at radius 2 is 1.94 bits per heavy atom. The number of urea groups is 1. The minimum Gasteiger partial charge on any atom is -0.485 e. The van der Waals surface area contributed by atoms with Gasteiger partial charge in [-0.25, -0.2) is 14.2 Å². The molecular weight excluding hydrogens is 488 g/mol. The van der Waals surface area contributed by atoms with Crippen LogP contribution in [0.5, 0.6) is 11.5 Å². The van der Waals surface area contributed by atoms with Gasteiger partial charge in [0.1, 0.15) is 23.4 Å². The van der Waals surface area contributed by atoms with E-state index in [0.717, 1.165) is 11.8 Å². The van der Waals surface area contributed by atoms with E-state index in [4.69, 9.17) is 32.7 Å². The van der Waals surface area contributed by atoms with E-state index in [1.54, 1.807) is 28.1 Å². The molecule has 2 aliphatic heterocycles. The number of nitrogens with zero attached hydrogens (tertiary/aromatic N) is 2. The van der Waals surface area contributed by atoms with Gasteiger partial charge in [0.15, 0.2) is 6.61 Å². The van der Waals surface area contributed by atoms with Crippen molar-refractivity contribution in [2.24, 2.45) is 0 Å². The molecule has 1 atom stereocenters. The maximum atomic E-state index is 13.4. The van der Waals surface area contributed by atoms with Gasteiger partial charge < -0.3 is 25.0 Å². The summed E-state index contributed by atoms with van der Waals surface area (Å²) in [6, 6.07) is 9.13. The van der Waals surface area contributed by atoms with Crippen molar-refractivity contribution in [3.63, 3.8) is 0 Å². The molecule has 1 fully saturated rings. The fraction of sp³-hybridized carbons (Fsp3) is 0.364. The second-order valence-corrected chi connectivity index (χ2v) is 8.66. The lowest BCUT2D eigenvalue weighted by molar-refractivity contribution is -0.128. The number of anilines is 1. The Morgan fingerprint density at radius 1 is 1.15 bits per heavy atom. The second kappa shape index (κ2) is 11.0. The second-order valence-electron chi connectivity index (χ2n) is 7.82. The first kappa shape index (κ1) is 24.2. The molecule has 0 saturated carbocycles. The van der Waals surface area contributed by atoms with Gasteiger partial charge in [-0.05, 0) is 30.3 Å². The Morgan fingerprint density at radius 3 is 2.71 bits per heavy atom. The van der Waals surface area contributed by atoms with E-state index in [-0.39, 0.29) is 35.4 Å². The molecule has 1 saturated heterocycles. The van der Waals surface area contributed by atoms with E-state index in [9.17, 15) is 14.0 Å². The maximum Gasteiger partial charge on any atom is 0.317 e. The molecule has 0 radical (unpaired) electrons. The SMILES string of the molecule is O=C(COc1ccc(Cl)c(F)c1)NN1CCN(C(=O)NCC2CNc3cc(Cl)ccc3O2)CC1. The third-order valence-electron chi connectivity index (χ3n) is 5.35. The number of fused-ring (bicyclic) bond motifs is 1. The number of hydrogen-bond donors (Lipinski definition) is 3. The summed E-state index contributed by atoms with van der Waals surface area (Å²) in [6.45, 7) is 2.45. The zero-order valence-corrected chi connectivity index (χ0v) is 19.7. The molecule has 0 aliphatic carbocycles. The maximum absolute atomic E-state index is 13.4. The van der Waals surface area contributed by atoms with Crippen LogP contribution in [0.15, 0.2) is 36.4 Å². The van der Waals surface area contributed by atoms with Gasteiger partial charge in [0, 0.05) is 37.3 Å². The number of halogens is 3. The van der Waals surface area contributed by atoms with Crippen molar-refractivity contribution < 1.29 is 23.5 Å². The quantitative estimate of drug-likeness (QED) is 0.551. The molecule has 12 heteroatoms. The van der Waals surface area contributed by atoms with Crippen LogP contribution in [0.4, 0.5) is 14.9 Å². The van der Waals surface area contributed by atoms with E-state index < -0.39 is 5.82 Å². The topological polar surface area (TPSA) is 95.2 Å². The molecule has 0 bridgehead atoms. The molecule has 9 nitrogen and oxygen atoms in total. The standard InChI is InChI=1S/C22H24Cl2FN5O4/c23-14-1-4-20-19(9-14)26-11-16(34-20)12-27-22(32)29-5-7-30(8-6-29)28-21(31)13-33-15-2-3-17(24)18(25)10-15/h1-4,9-10,16,26H,5-8,11-13H2,(H,27,32)(H,28,31). The lowest BCUT2D eigenvalue weighted by Gasteiger charge is -2.35. The summed E-state index contributed by atoms with van der Waals surface area (Å²) in [6.07, 6.45) is -0.202. The van der Waals surface area contributed by atoms with Gasteiger partial charge in [0.25, 0.3) is 5.91 Å². The molecule has 0 spiro atoms. The summed E-state index contributed by atoms with van der Waals surface area (Å²) in [7, 11) is 0. The first-order chi connectivity index (χ1) is 16.4. The van der Waals surface area contributed by atoms with E-state index >= 15 is 0 Å². The molecule has 4 rings (SSSR count). The van der Waals surface area contributed by atoms with Crippen LogP contribution in [0.25, 0.3) is 0 Å². The van der Waals surface area contributed by atoms with E-state index in [2.05, 4.69) is 16.1 Å². The first-order valence-corrected chi connectivity index (χ1v) is 11.5. The fourth-order valence-corrected chi connectivity index (χ4v) is 3.85. The summed E-state index contributed by atoms with van der Waals surface area (Å²) in [4.78, 5) is 26.3. The molecule has 2 aliphatic rings. The van der Waals surface area contributed by atoms with Gasteiger partial charge in [0.2, 0.25) is 0 Å². The Bertz CT molecular complexity index is 1050. The predicted molar refractivity (Wildman–Crippen MR) is 126 cm³/mol. The van der Waals surface area contributed by atoms with E-state index in [1.807, 2.05) is 0 Å². The van der Waals surface area contributed by atoms with Gasteiger partial charge in [-0.15, -0.1) is 0 Å². The van der Waals surface area contributed by atoms with Gasteiger partial charge in [-0.1, -0.05) is 23.2 Å². The van der Waals surface area contributed by atoms with Crippen molar-refractivity contribution >= 4 is 40.8 Å². The van der Waals surface area contributed by atoms with Crippen LogP contribution in [0.2, 0.25) is 10.0 Å². The molecule has 182 valence electrons. The van der Waals surface area contributed by atoms with Crippen LogP contribution in [0.1, 0.15) is 0 Å². The minimum absolute atomic E-state index is 0.0164. The molecule has 2 heterocycles. The Hall–Kier alpha value is -2.95. The average Bonchev–Trinajstić information content (AvgIpc) is 2.83. The minimum atomic E-state index is -0.616. The van der Waals surface area contributed by atoms with Crippen LogP contribution in [0.3, 0.4) is 0 Å². The van der Waals surface area contributed by atoms with Crippen LogP contribution >= 0.6 is 23.2 Å². The number of benzene rings is 2. The van der Waals surface area contributed by atoms with Crippen molar-refractivity contribution in [2.75, 3.05) is 51.2 Å². The summed E-state index contributed by atoms with van der Waals surface area (Å²) in [5.41, 5.74) is 3.56. The number of amides is 3. The molecule has 34 heavy (non-hydrogen) atoms. The smallest absolute Gasteiger partial charge is 0.317 e. The third kappa shape index (κ3) is 6.34. The highest BCUT2D eigenvalue weighted by molar-refractivity contribution is 6.31. The number of hydrazine groups is 1. The van der Waals surface area contributed by atoms with Crippen molar-refractivity contribution in [1.29, 1.82) is 0 Å². The van der Waals surface area contributed by atoms with Gasteiger partial charge in [-0.3, -0.25) is 10.2 Å². The number of ether oxygens (including phenoxy) is 2. The van der Waals surface area contributed by atoms with Crippen LogP contribution in [0, 0.1) is 5.82 Å². The molecule has 1 unspecified atom stereocenters. The molecule has 3 N–H and O–H groups in total. The zero-order chi connectivity index (χ0) is 24.1. The monoisotopic (exact) mass is 511 g/mol. The highest BCUT2D eigenvalue weighted by Crippen LogP contribution is 2.31. The molecule has 0 aromatic heterocycles. The fourth-order valence-electron chi connectivity index (χ4n) is 3.56. The number of nitrogens with one attached hydrogen (secondary N) is 3. The Labute approximate surface area is 206 Å². The molecule has 3 amide bonds. The average molecular weight is 512 g/mol. The summed E-state index contributed by atoms with van der Waals surface area (Å²) >= 11 is 11.6. The molecule has 2 aromatic rings. The van der Waals surface area contributed by atoms with Gasteiger partial charge in [-0.2, -0.15) is 0 Å². The number of hydrogen-bond acceptors (Lipinski definition) is 6. The Kier molecular flexibility index (Phi) is 7.81. The normalized spacial score (nSPS) is 17.7. The van der Waals surface area contributed by atoms with Gasteiger partial charge in [0.05, 0.1) is 23.8 Å². The predicted octanol–water partition coefficient (Wildman–Crippen LogP) is 2.74. The lowest BCUT2D eigenvalue weighted by Crippen LogP contribution is -2.57. The van der Waals surface area contributed by atoms with Crippen molar-refractivity contribution in [3.05, 3.63) is 52.3 Å². The van der Waals surface area contributed by atoms with Crippen molar-refractivity contribution in [3.8, 4) is 11.5 Å². The Balaban J connectivity index is 1.14. The largest absolute Gasteiger partial charge is 0.485 e. The third-order valence-corrected chi connectivity index (χ3v) is 5.89. The van der Waals surface area contributed by atoms with Crippen molar-refractivity contribution in [2.45, 2.75) is 6.10 Å². The van der Waals surface area contributed by atoms with Crippen LogP contribution in [-0.4, -0.2) is 73.8 Å². The van der Waals surface area contributed by atoms with E-state index in [1.165, 1.54) is 12.1 Å². The first-order valence-electron chi connectivity index (χ1n) is 10.7. The number of carbonyl (C=O) groups is 2. The number of carbonyl (C=O) groups excluding carboxylic acids is 2. The summed E-state index contributed by atoms with van der Waals surface area (Å²) < 4.78 is 24.6.